The number of nitrogens with two attached hydrogens (primary N) is 1. The van der Waals surface area contributed by atoms with Crippen LogP contribution in [0.15, 0.2) is 60.7 Å². The lowest BCUT2D eigenvalue weighted by Gasteiger charge is -2.13. The van der Waals surface area contributed by atoms with Crippen molar-refractivity contribution in [2.24, 2.45) is 0 Å². The molecule has 0 amide bonds. The van der Waals surface area contributed by atoms with Crippen molar-refractivity contribution in [3.8, 4) is 22.6 Å². The zero-order chi connectivity index (χ0) is 16.4. The van der Waals surface area contributed by atoms with E-state index >= 15 is 0 Å². The van der Waals surface area contributed by atoms with Crippen molar-refractivity contribution < 1.29 is 13.5 Å². The highest BCUT2D eigenvalue weighted by Crippen LogP contribution is 2.37. The molecule has 0 heterocycles. The molecule has 0 spiro atoms. The van der Waals surface area contributed by atoms with E-state index in [1.165, 1.54) is 0 Å². The minimum absolute atomic E-state index is 0.0991. The summed E-state index contributed by atoms with van der Waals surface area (Å²) in [6.45, 7) is 0. The van der Waals surface area contributed by atoms with Gasteiger partial charge in [0.1, 0.15) is 23.1 Å². The fourth-order valence-electron chi connectivity index (χ4n) is 2.21. The van der Waals surface area contributed by atoms with Crippen molar-refractivity contribution >= 4 is 17.3 Å². The molecule has 0 aliphatic rings. The van der Waals surface area contributed by atoms with Crippen LogP contribution in [0.4, 0.5) is 14.5 Å². The lowest BCUT2D eigenvalue weighted by atomic mass is 10.0. The first-order chi connectivity index (χ1) is 11.0. The van der Waals surface area contributed by atoms with E-state index in [2.05, 4.69) is 0 Å². The Labute approximate surface area is 137 Å². The van der Waals surface area contributed by atoms with Gasteiger partial charge in [-0.05, 0) is 48.5 Å². The molecular formula is C18H12ClF2NO. The summed E-state index contributed by atoms with van der Waals surface area (Å²) < 4.78 is 33.3. The molecule has 3 aromatic carbocycles. The van der Waals surface area contributed by atoms with Gasteiger partial charge in [0, 0.05) is 27.9 Å². The highest BCUT2D eigenvalue weighted by molar-refractivity contribution is 6.30. The van der Waals surface area contributed by atoms with Crippen LogP contribution in [0, 0.1) is 11.6 Å². The first kappa shape index (κ1) is 15.3. The lowest BCUT2D eigenvalue weighted by Crippen LogP contribution is -1.94. The van der Waals surface area contributed by atoms with E-state index < -0.39 is 11.6 Å². The summed E-state index contributed by atoms with van der Waals surface area (Å²) in [6, 6.07) is 14.8. The van der Waals surface area contributed by atoms with Gasteiger partial charge in [-0.1, -0.05) is 17.7 Å². The average Bonchev–Trinajstić information content (AvgIpc) is 2.50. The molecule has 3 rings (SSSR count). The number of ether oxygens (including phenoxy) is 1. The fraction of sp³-hybridized carbons (Fsp3) is 0. The maximum absolute atomic E-state index is 14.1. The molecule has 0 aliphatic carbocycles. The third-order valence-corrected chi connectivity index (χ3v) is 3.48. The molecule has 2 nitrogen and oxygen atoms in total. The summed E-state index contributed by atoms with van der Waals surface area (Å²) in [5.74, 6) is -0.294. The maximum Gasteiger partial charge on any atom is 0.137 e. The standard InChI is InChI=1S/C18H12ClF2NO/c19-11-2-1-3-14(8-11)23-18-10-13(22)5-6-15(18)16-9-12(20)4-7-17(16)21/h1-10H,22H2. The summed E-state index contributed by atoms with van der Waals surface area (Å²) in [6.07, 6.45) is 0. The molecule has 0 aliphatic heterocycles. The largest absolute Gasteiger partial charge is 0.457 e. The highest BCUT2D eigenvalue weighted by Gasteiger charge is 2.13. The Morgan fingerprint density at radius 3 is 2.48 bits per heavy atom. The molecule has 0 bridgehead atoms. The van der Waals surface area contributed by atoms with E-state index in [-0.39, 0.29) is 5.56 Å². The monoisotopic (exact) mass is 331 g/mol. The molecule has 23 heavy (non-hydrogen) atoms. The molecule has 0 aromatic heterocycles. The van der Waals surface area contributed by atoms with Gasteiger partial charge in [0.25, 0.3) is 0 Å². The number of halogens is 3. The molecular weight excluding hydrogens is 320 g/mol. The zero-order valence-corrected chi connectivity index (χ0v) is 12.6. The Hall–Kier alpha value is -2.59. The summed E-state index contributed by atoms with van der Waals surface area (Å²) in [4.78, 5) is 0. The van der Waals surface area contributed by atoms with Crippen LogP contribution in [0.2, 0.25) is 5.02 Å². The van der Waals surface area contributed by atoms with E-state index in [0.717, 1.165) is 18.2 Å². The molecule has 0 saturated heterocycles. The predicted molar refractivity (Wildman–Crippen MR) is 87.7 cm³/mol. The second-order valence-electron chi connectivity index (χ2n) is 4.94. The van der Waals surface area contributed by atoms with Gasteiger partial charge in [-0.2, -0.15) is 0 Å². The summed E-state index contributed by atoms with van der Waals surface area (Å²) in [5.41, 5.74) is 6.73. The fourth-order valence-corrected chi connectivity index (χ4v) is 2.39. The quantitative estimate of drug-likeness (QED) is 0.628. The van der Waals surface area contributed by atoms with E-state index in [9.17, 15) is 8.78 Å². The Kier molecular flexibility index (Phi) is 4.17. The molecule has 0 unspecified atom stereocenters. The molecule has 5 heteroatoms. The minimum Gasteiger partial charge on any atom is -0.457 e. The lowest BCUT2D eigenvalue weighted by molar-refractivity contribution is 0.484. The smallest absolute Gasteiger partial charge is 0.137 e. The number of benzene rings is 3. The summed E-state index contributed by atoms with van der Waals surface area (Å²) in [7, 11) is 0. The van der Waals surface area contributed by atoms with E-state index in [1.807, 2.05) is 0 Å². The van der Waals surface area contributed by atoms with Crippen molar-refractivity contribution in [3.05, 3.63) is 77.3 Å². The number of rotatable bonds is 3. The third-order valence-electron chi connectivity index (χ3n) is 3.25. The molecule has 0 radical (unpaired) electrons. The van der Waals surface area contributed by atoms with Crippen LogP contribution in [0.1, 0.15) is 0 Å². The van der Waals surface area contributed by atoms with Crippen LogP contribution in [0.5, 0.6) is 11.5 Å². The van der Waals surface area contributed by atoms with Gasteiger partial charge in [0.05, 0.1) is 0 Å². The third kappa shape index (κ3) is 3.43. The van der Waals surface area contributed by atoms with Gasteiger partial charge < -0.3 is 10.5 Å². The number of anilines is 1. The predicted octanol–water partition coefficient (Wildman–Crippen LogP) is 5.66. The minimum atomic E-state index is -0.549. The van der Waals surface area contributed by atoms with Crippen molar-refractivity contribution in [1.82, 2.24) is 0 Å². The van der Waals surface area contributed by atoms with Crippen LogP contribution in [0.3, 0.4) is 0 Å². The van der Waals surface area contributed by atoms with E-state index in [1.54, 1.807) is 42.5 Å². The first-order valence-corrected chi connectivity index (χ1v) is 7.19. The van der Waals surface area contributed by atoms with Gasteiger partial charge >= 0.3 is 0 Å². The molecule has 3 aromatic rings. The normalized spacial score (nSPS) is 10.6. The number of hydrogen-bond donors (Lipinski definition) is 1. The van der Waals surface area contributed by atoms with E-state index in [0.29, 0.717) is 27.8 Å². The molecule has 116 valence electrons. The van der Waals surface area contributed by atoms with Crippen molar-refractivity contribution in [2.45, 2.75) is 0 Å². The maximum atomic E-state index is 14.1. The van der Waals surface area contributed by atoms with Gasteiger partial charge in [-0.15, -0.1) is 0 Å². The Bertz CT molecular complexity index is 867. The van der Waals surface area contributed by atoms with Crippen LogP contribution in [0.25, 0.3) is 11.1 Å². The van der Waals surface area contributed by atoms with Gasteiger partial charge in [0.15, 0.2) is 0 Å². The van der Waals surface area contributed by atoms with Gasteiger partial charge in [0.2, 0.25) is 0 Å². The Balaban J connectivity index is 2.09. The van der Waals surface area contributed by atoms with Crippen molar-refractivity contribution in [1.29, 1.82) is 0 Å². The molecule has 0 atom stereocenters. The molecule has 0 fully saturated rings. The SMILES string of the molecule is Nc1ccc(-c2cc(F)ccc2F)c(Oc2cccc(Cl)c2)c1. The van der Waals surface area contributed by atoms with Crippen LogP contribution in [-0.4, -0.2) is 0 Å². The van der Waals surface area contributed by atoms with Gasteiger partial charge in [-0.25, -0.2) is 8.78 Å². The second-order valence-corrected chi connectivity index (χ2v) is 5.38. The van der Waals surface area contributed by atoms with Crippen LogP contribution >= 0.6 is 11.6 Å². The average molecular weight is 332 g/mol. The van der Waals surface area contributed by atoms with Crippen LogP contribution in [-0.2, 0) is 0 Å². The summed E-state index contributed by atoms with van der Waals surface area (Å²) >= 11 is 5.93. The Morgan fingerprint density at radius 1 is 0.870 bits per heavy atom. The molecule has 0 saturated carbocycles. The molecule has 2 N–H and O–H groups in total. The number of hydrogen-bond acceptors (Lipinski definition) is 2. The highest BCUT2D eigenvalue weighted by atomic mass is 35.5. The summed E-state index contributed by atoms with van der Waals surface area (Å²) in [5, 5.41) is 0.505. The van der Waals surface area contributed by atoms with Gasteiger partial charge in [-0.3, -0.25) is 0 Å². The van der Waals surface area contributed by atoms with Crippen molar-refractivity contribution in [2.75, 3.05) is 5.73 Å². The van der Waals surface area contributed by atoms with Crippen molar-refractivity contribution in [3.63, 3.8) is 0 Å². The topological polar surface area (TPSA) is 35.2 Å². The second kappa shape index (κ2) is 6.26. The van der Waals surface area contributed by atoms with Crippen LogP contribution < -0.4 is 10.5 Å². The van der Waals surface area contributed by atoms with E-state index in [4.69, 9.17) is 22.1 Å². The first-order valence-electron chi connectivity index (χ1n) is 6.81. The number of nitrogen functional groups attached to an aromatic ring is 1. The Morgan fingerprint density at radius 2 is 1.70 bits per heavy atom. The zero-order valence-electron chi connectivity index (χ0n) is 11.9.